The van der Waals surface area contributed by atoms with Crippen LogP contribution in [0.1, 0.15) is 36.7 Å². The number of likely N-dealkylation sites (tertiary alicyclic amines) is 1. The van der Waals surface area contributed by atoms with Gasteiger partial charge in [0.15, 0.2) is 0 Å². The number of hydrogen-bond acceptors (Lipinski definition) is 4. The first-order chi connectivity index (χ1) is 11.8. The van der Waals surface area contributed by atoms with E-state index in [1.54, 1.807) is 0 Å². The topological polar surface area (TPSA) is 78.1 Å². The summed E-state index contributed by atoms with van der Waals surface area (Å²) in [5.41, 5.74) is 4.55. The highest BCUT2D eigenvalue weighted by atomic mass is 32.2. The van der Waals surface area contributed by atoms with Crippen LogP contribution in [0.15, 0.2) is 12.1 Å². The van der Waals surface area contributed by atoms with Gasteiger partial charge in [-0.2, -0.15) is 0 Å². The van der Waals surface area contributed by atoms with Crippen LogP contribution in [0.2, 0.25) is 0 Å². The average Bonchev–Trinajstić information content (AvgIpc) is 3.07. The summed E-state index contributed by atoms with van der Waals surface area (Å²) in [5, 5.41) is 0. The molecule has 0 radical (unpaired) electrons. The van der Waals surface area contributed by atoms with Crippen molar-refractivity contribution in [2.75, 3.05) is 19.3 Å². The molecule has 7 heteroatoms. The molecule has 0 spiro atoms. The minimum absolute atomic E-state index is 0.0108. The number of sulfonamides is 1. The monoisotopic (exact) mass is 364 g/mol. The lowest BCUT2D eigenvalue weighted by Crippen LogP contribution is -2.39. The maximum atomic E-state index is 11.6. The Morgan fingerprint density at radius 3 is 2.76 bits per heavy atom. The molecule has 0 bridgehead atoms. The molecule has 25 heavy (non-hydrogen) atoms. The van der Waals surface area contributed by atoms with Crippen molar-refractivity contribution in [3.8, 4) is 0 Å². The summed E-state index contributed by atoms with van der Waals surface area (Å²) in [6.07, 6.45) is 3.33. The van der Waals surface area contributed by atoms with Crippen LogP contribution >= 0.6 is 0 Å². The van der Waals surface area contributed by atoms with Crippen molar-refractivity contribution >= 4 is 21.1 Å². The Morgan fingerprint density at radius 1 is 1.32 bits per heavy atom. The molecular weight excluding hydrogens is 336 g/mol. The number of nitrogens with one attached hydrogen (secondary N) is 2. The molecular formula is C18H28N4O2S. The summed E-state index contributed by atoms with van der Waals surface area (Å²) < 4.78 is 26.1. The van der Waals surface area contributed by atoms with Gasteiger partial charge >= 0.3 is 0 Å². The fourth-order valence-corrected chi connectivity index (χ4v) is 4.63. The summed E-state index contributed by atoms with van der Waals surface area (Å²) >= 11 is 0. The number of H-pyrrole nitrogens is 1. The van der Waals surface area contributed by atoms with Gasteiger partial charge in [0.1, 0.15) is 5.82 Å². The second kappa shape index (κ2) is 7.05. The summed E-state index contributed by atoms with van der Waals surface area (Å²) in [5.74, 6) is 1.30. The van der Waals surface area contributed by atoms with E-state index in [4.69, 9.17) is 4.98 Å². The van der Waals surface area contributed by atoms with Gasteiger partial charge in [-0.15, -0.1) is 0 Å². The standard InChI is InChI=1S/C18H28N4O2S/c1-5-6-14-9-22(10-16(14)21-25(4,23)24)11-17-19-15-8-7-12(2)13(3)18(15)20-17/h7-8,14,16,21H,5-6,9-11H2,1-4H3,(H,19,20). The fourth-order valence-electron chi connectivity index (χ4n) is 3.81. The van der Waals surface area contributed by atoms with E-state index < -0.39 is 10.0 Å². The van der Waals surface area contributed by atoms with Gasteiger partial charge in [-0.25, -0.2) is 18.1 Å². The third kappa shape index (κ3) is 4.22. The minimum Gasteiger partial charge on any atom is -0.341 e. The molecule has 3 rings (SSSR count). The number of aromatic amines is 1. The number of hydrogen-bond donors (Lipinski definition) is 2. The lowest BCUT2D eigenvalue weighted by atomic mass is 9.99. The van der Waals surface area contributed by atoms with Crippen molar-refractivity contribution in [1.29, 1.82) is 0 Å². The van der Waals surface area contributed by atoms with Crippen LogP contribution in [-0.4, -0.2) is 48.7 Å². The molecule has 0 amide bonds. The van der Waals surface area contributed by atoms with E-state index in [1.165, 1.54) is 17.4 Å². The van der Waals surface area contributed by atoms with Gasteiger partial charge in [0.05, 0.1) is 23.8 Å². The first-order valence-electron chi connectivity index (χ1n) is 8.91. The van der Waals surface area contributed by atoms with Crippen LogP contribution in [0.3, 0.4) is 0 Å². The number of aromatic nitrogens is 2. The zero-order chi connectivity index (χ0) is 18.2. The van der Waals surface area contributed by atoms with Crippen LogP contribution in [0.25, 0.3) is 11.0 Å². The molecule has 1 aliphatic rings. The summed E-state index contributed by atoms with van der Waals surface area (Å²) in [6, 6.07) is 4.17. The van der Waals surface area contributed by atoms with Gasteiger partial charge in [0, 0.05) is 19.1 Å². The molecule has 1 fully saturated rings. The zero-order valence-electron chi connectivity index (χ0n) is 15.5. The molecule has 0 aliphatic carbocycles. The Balaban J connectivity index is 1.75. The summed E-state index contributed by atoms with van der Waals surface area (Å²) in [7, 11) is -3.19. The summed E-state index contributed by atoms with van der Waals surface area (Å²) in [4.78, 5) is 10.5. The van der Waals surface area contributed by atoms with E-state index >= 15 is 0 Å². The van der Waals surface area contributed by atoms with Crippen LogP contribution < -0.4 is 4.72 Å². The van der Waals surface area contributed by atoms with Gasteiger partial charge in [-0.3, -0.25) is 4.90 Å². The van der Waals surface area contributed by atoms with Crippen molar-refractivity contribution in [2.45, 2.75) is 46.2 Å². The number of fused-ring (bicyclic) bond motifs is 1. The van der Waals surface area contributed by atoms with E-state index in [9.17, 15) is 8.42 Å². The van der Waals surface area contributed by atoms with Crippen LogP contribution in [0.4, 0.5) is 0 Å². The quantitative estimate of drug-likeness (QED) is 0.825. The number of imidazole rings is 1. The van der Waals surface area contributed by atoms with E-state index in [-0.39, 0.29) is 6.04 Å². The number of benzene rings is 1. The predicted molar refractivity (Wildman–Crippen MR) is 101 cm³/mol. The molecule has 1 aliphatic heterocycles. The molecule has 2 atom stereocenters. The van der Waals surface area contributed by atoms with Crippen molar-refractivity contribution in [1.82, 2.24) is 19.6 Å². The Labute approximate surface area is 150 Å². The number of rotatable bonds is 6. The predicted octanol–water partition coefficient (Wildman–Crippen LogP) is 2.33. The van der Waals surface area contributed by atoms with Crippen LogP contribution in [0.5, 0.6) is 0 Å². The second-order valence-corrected chi connectivity index (χ2v) is 9.11. The van der Waals surface area contributed by atoms with E-state index in [0.29, 0.717) is 5.92 Å². The Morgan fingerprint density at radius 2 is 2.08 bits per heavy atom. The molecule has 1 aromatic carbocycles. The van der Waals surface area contributed by atoms with Crippen molar-refractivity contribution in [3.63, 3.8) is 0 Å². The lowest BCUT2D eigenvalue weighted by Gasteiger charge is -2.17. The molecule has 6 nitrogen and oxygen atoms in total. The van der Waals surface area contributed by atoms with Gasteiger partial charge in [0.25, 0.3) is 0 Å². The molecule has 1 aromatic heterocycles. The van der Waals surface area contributed by atoms with Crippen molar-refractivity contribution in [3.05, 3.63) is 29.1 Å². The molecule has 2 unspecified atom stereocenters. The maximum Gasteiger partial charge on any atom is 0.209 e. The molecule has 0 saturated carbocycles. The number of nitrogens with zero attached hydrogens (tertiary/aromatic N) is 2. The molecule has 2 N–H and O–H groups in total. The second-order valence-electron chi connectivity index (χ2n) is 7.33. The molecule has 1 saturated heterocycles. The minimum atomic E-state index is -3.19. The van der Waals surface area contributed by atoms with Crippen molar-refractivity contribution < 1.29 is 8.42 Å². The smallest absolute Gasteiger partial charge is 0.209 e. The fraction of sp³-hybridized carbons (Fsp3) is 0.611. The Bertz CT molecular complexity index is 859. The maximum absolute atomic E-state index is 11.6. The third-order valence-corrected chi connectivity index (χ3v) is 5.87. The van der Waals surface area contributed by atoms with E-state index in [1.807, 2.05) is 0 Å². The first-order valence-corrected chi connectivity index (χ1v) is 10.8. The average molecular weight is 365 g/mol. The van der Waals surface area contributed by atoms with Gasteiger partial charge in [-0.05, 0) is 43.4 Å². The molecule has 2 aromatic rings. The van der Waals surface area contributed by atoms with Crippen molar-refractivity contribution in [2.24, 2.45) is 5.92 Å². The summed E-state index contributed by atoms with van der Waals surface area (Å²) in [6.45, 7) is 8.69. The van der Waals surface area contributed by atoms with Crippen LogP contribution in [0, 0.1) is 19.8 Å². The number of aryl methyl sites for hydroxylation is 2. The third-order valence-electron chi connectivity index (χ3n) is 5.14. The zero-order valence-corrected chi connectivity index (χ0v) is 16.3. The Hall–Kier alpha value is -1.44. The first kappa shape index (κ1) is 18.4. The highest BCUT2D eigenvalue weighted by Gasteiger charge is 2.34. The SMILES string of the molecule is CCCC1CN(Cc2nc3c(C)c(C)ccc3[nH]2)CC1NS(C)(=O)=O. The Kier molecular flexibility index (Phi) is 5.18. The molecule has 138 valence electrons. The van der Waals surface area contributed by atoms with Gasteiger partial charge in [0.2, 0.25) is 10.0 Å². The highest BCUT2D eigenvalue weighted by Crippen LogP contribution is 2.25. The molecule has 2 heterocycles. The van der Waals surface area contributed by atoms with E-state index in [0.717, 1.165) is 49.3 Å². The van der Waals surface area contributed by atoms with Crippen LogP contribution in [-0.2, 0) is 16.6 Å². The van der Waals surface area contributed by atoms with E-state index in [2.05, 4.69) is 47.5 Å². The van der Waals surface area contributed by atoms with Gasteiger partial charge in [-0.1, -0.05) is 19.4 Å². The largest absolute Gasteiger partial charge is 0.341 e. The van der Waals surface area contributed by atoms with Gasteiger partial charge < -0.3 is 4.98 Å². The lowest BCUT2D eigenvalue weighted by molar-refractivity contribution is 0.306. The highest BCUT2D eigenvalue weighted by molar-refractivity contribution is 7.88. The normalized spacial score (nSPS) is 22.1.